The van der Waals surface area contributed by atoms with Crippen LogP contribution in [0.5, 0.6) is 5.75 Å². The zero-order valence-corrected chi connectivity index (χ0v) is 14.7. The molecule has 0 spiro atoms. The Bertz CT molecular complexity index is 788. The summed E-state index contributed by atoms with van der Waals surface area (Å²) in [5.41, 5.74) is 2.58. The minimum atomic E-state index is -0.388. The molecule has 0 atom stereocenters. The minimum Gasteiger partial charge on any atom is -0.497 e. The van der Waals surface area contributed by atoms with Gasteiger partial charge in [-0.2, -0.15) is 0 Å². The minimum absolute atomic E-state index is 0.0291. The lowest BCUT2D eigenvalue weighted by atomic mass is 9.87. The van der Waals surface area contributed by atoms with Crippen LogP contribution in [-0.2, 0) is 10.3 Å². The number of hydrogen-bond donors (Lipinski definition) is 0. The Kier molecular flexibility index (Phi) is 3.43. The predicted molar refractivity (Wildman–Crippen MR) is 91.2 cm³/mol. The van der Waals surface area contributed by atoms with E-state index in [0.717, 1.165) is 31.3 Å². The Balaban J connectivity index is 2.40. The molecule has 3 rings (SSSR count). The number of hydrogen-bond acceptors (Lipinski definition) is 5. The van der Waals surface area contributed by atoms with Crippen molar-refractivity contribution in [1.29, 1.82) is 0 Å². The molecule has 110 valence electrons. The van der Waals surface area contributed by atoms with E-state index in [1.165, 1.54) is 0 Å². The lowest BCUT2D eigenvalue weighted by Crippen LogP contribution is -2.46. The monoisotopic (exact) mass is 337 g/mol. The van der Waals surface area contributed by atoms with Crippen LogP contribution in [0, 0.1) is 3.82 Å². The molecule has 0 saturated carbocycles. The number of benzene rings is 1. The molecular formula is C15H15NO2S3. The quantitative estimate of drug-likeness (QED) is 0.552. The average molecular weight is 337 g/mol. The molecule has 0 fully saturated rings. The van der Waals surface area contributed by atoms with Crippen LogP contribution >= 0.6 is 32.9 Å². The van der Waals surface area contributed by atoms with E-state index < -0.39 is 0 Å². The smallest absolute Gasteiger partial charge is 0.224 e. The molecule has 0 radical (unpaired) electrons. The van der Waals surface area contributed by atoms with Crippen molar-refractivity contribution in [3.63, 3.8) is 0 Å². The molecule has 1 aromatic carbocycles. The molecule has 0 saturated heterocycles. The molecule has 1 aliphatic heterocycles. The molecule has 0 N–H and O–H groups in total. The van der Waals surface area contributed by atoms with Crippen LogP contribution in [0.2, 0.25) is 0 Å². The number of nitrogens with zero attached hydrogens (tertiary/aromatic N) is 1. The second-order valence-electron chi connectivity index (χ2n) is 5.45. The maximum absolute atomic E-state index is 12.2. The molecule has 2 heterocycles. The van der Waals surface area contributed by atoms with E-state index in [4.69, 9.17) is 17.0 Å². The number of fused-ring (bicyclic) bond motifs is 3. The number of ether oxygens (including phenoxy) is 1. The summed E-state index contributed by atoms with van der Waals surface area (Å²) in [5, 5.41) is 0. The highest BCUT2D eigenvalue weighted by atomic mass is 32.9. The van der Waals surface area contributed by atoms with Gasteiger partial charge < -0.3 is 9.64 Å². The molecule has 3 nitrogen and oxygen atoms in total. The maximum Gasteiger partial charge on any atom is 0.224 e. The van der Waals surface area contributed by atoms with E-state index >= 15 is 0 Å². The molecule has 21 heavy (non-hydrogen) atoms. The van der Waals surface area contributed by atoms with Crippen LogP contribution in [0.25, 0.3) is 11.1 Å². The highest BCUT2D eigenvalue weighted by molar-refractivity contribution is 7.80. The molecular weight excluding hydrogens is 322 g/mol. The molecule has 1 aliphatic rings. The van der Waals surface area contributed by atoms with Gasteiger partial charge in [0.1, 0.15) is 9.57 Å². The summed E-state index contributed by atoms with van der Waals surface area (Å²) in [6.07, 6.45) is 0. The highest BCUT2D eigenvalue weighted by Gasteiger charge is 2.41. The summed E-state index contributed by atoms with van der Waals surface area (Å²) in [7, 11) is 4.89. The van der Waals surface area contributed by atoms with Gasteiger partial charge in [0, 0.05) is 18.1 Å². The zero-order valence-electron chi connectivity index (χ0n) is 12.2. The van der Waals surface area contributed by atoms with Gasteiger partial charge in [-0.15, -0.1) is 0 Å². The summed E-state index contributed by atoms with van der Waals surface area (Å²) < 4.78 is 6.20. The molecule has 0 bridgehead atoms. The van der Waals surface area contributed by atoms with Gasteiger partial charge in [-0.25, -0.2) is 0 Å². The summed E-state index contributed by atoms with van der Waals surface area (Å²) >= 11 is 5.52. The van der Waals surface area contributed by atoms with E-state index in [0.29, 0.717) is 0 Å². The van der Waals surface area contributed by atoms with E-state index in [2.05, 4.69) is 13.8 Å². The standard InChI is InChI=1S/C15H15NO2S3/c1-8(17)16-11-6-5-9(18-4)7-10(11)12-13(15(16,2)3)20-21-14(12)19/h5-7H,1-4H3. The Morgan fingerprint density at radius 1 is 1.33 bits per heavy atom. The Labute approximate surface area is 136 Å². The number of carbonyl (C=O) groups excluding carboxylic acids is 1. The van der Waals surface area contributed by atoms with Crippen molar-refractivity contribution in [3.05, 3.63) is 26.9 Å². The second kappa shape index (κ2) is 4.90. The van der Waals surface area contributed by atoms with Crippen LogP contribution in [-0.4, -0.2) is 13.0 Å². The van der Waals surface area contributed by atoms with E-state index in [9.17, 15) is 4.79 Å². The summed E-state index contributed by atoms with van der Waals surface area (Å²) in [5.74, 6) is 0.801. The molecule has 2 aromatic rings. The SMILES string of the molecule is COc1ccc2c(c1)-c1c(ssc1=S)C(C)(C)N2C(C)=O. The van der Waals surface area contributed by atoms with E-state index in [1.807, 2.05) is 23.1 Å². The number of amides is 1. The summed E-state index contributed by atoms with van der Waals surface area (Å²) in [6.45, 7) is 5.74. The Morgan fingerprint density at radius 3 is 2.67 bits per heavy atom. The largest absolute Gasteiger partial charge is 0.497 e. The number of carbonyl (C=O) groups is 1. The average Bonchev–Trinajstić information content (AvgIpc) is 2.81. The fourth-order valence-electron chi connectivity index (χ4n) is 2.90. The first kappa shape index (κ1) is 14.7. The van der Waals surface area contributed by atoms with Gasteiger partial charge in [-0.05, 0) is 32.0 Å². The number of rotatable bonds is 1. The van der Waals surface area contributed by atoms with Gasteiger partial charge in [0.2, 0.25) is 5.91 Å². The van der Waals surface area contributed by atoms with Crippen LogP contribution in [0.4, 0.5) is 5.69 Å². The number of methoxy groups -OCH3 is 1. The first-order valence-electron chi connectivity index (χ1n) is 6.50. The molecule has 1 aromatic heterocycles. The fraction of sp³-hybridized carbons (Fsp3) is 0.333. The lowest BCUT2D eigenvalue weighted by molar-refractivity contribution is -0.117. The van der Waals surface area contributed by atoms with Crippen molar-refractivity contribution in [1.82, 2.24) is 0 Å². The van der Waals surface area contributed by atoms with Gasteiger partial charge in [-0.3, -0.25) is 4.79 Å². The van der Waals surface area contributed by atoms with Gasteiger partial charge in [-0.1, -0.05) is 32.9 Å². The third-order valence-corrected chi connectivity index (χ3v) is 7.11. The van der Waals surface area contributed by atoms with Crippen LogP contribution in [0.1, 0.15) is 25.6 Å². The number of anilines is 1. The van der Waals surface area contributed by atoms with Crippen molar-refractivity contribution >= 4 is 44.5 Å². The van der Waals surface area contributed by atoms with Crippen molar-refractivity contribution < 1.29 is 9.53 Å². The van der Waals surface area contributed by atoms with Crippen LogP contribution in [0.15, 0.2) is 18.2 Å². The van der Waals surface area contributed by atoms with Gasteiger partial charge >= 0.3 is 0 Å². The lowest BCUT2D eigenvalue weighted by Gasteiger charge is -2.42. The molecule has 0 unspecified atom stereocenters. The molecule has 6 heteroatoms. The third kappa shape index (κ3) is 2.05. The van der Waals surface area contributed by atoms with Crippen molar-refractivity contribution in [2.45, 2.75) is 26.3 Å². The van der Waals surface area contributed by atoms with Crippen molar-refractivity contribution in [2.24, 2.45) is 0 Å². The second-order valence-corrected chi connectivity index (χ2v) is 8.27. The van der Waals surface area contributed by atoms with Crippen molar-refractivity contribution in [2.75, 3.05) is 12.0 Å². The predicted octanol–water partition coefficient (Wildman–Crippen LogP) is 4.82. The van der Waals surface area contributed by atoms with Gasteiger partial charge in [0.05, 0.1) is 23.2 Å². The normalized spacial score (nSPS) is 15.3. The Morgan fingerprint density at radius 2 is 2.05 bits per heavy atom. The van der Waals surface area contributed by atoms with Crippen LogP contribution < -0.4 is 9.64 Å². The van der Waals surface area contributed by atoms with Gasteiger partial charge in [0.15, 0.2) is 0 Å². The molecule has 1 amide bonds. The van der Waals surface area contributed by atoms with E-state index in [1.54, 1.807) is 34.7 Å². The fourth-order valence-corrected chi connectivity index (χ4v) is 6.18. The van der Waals surface area contributed by atoms with Crippen molar-refractivity contribution in [3.8, 4) is 16.9 Å². The highest BCUT2D eigenvalue weighted by Crippen LogP contribution is 2.52. The summed E-state index contributed by atoms with van der Waals surface area (Å²) in [4.78, 5) is 15.2. The first-order valence-corrected chi connectivity index (χ1v) is 9.06. The molecule has 0 aliphatic carbocycles. The maximum atomic E-state index is 12.2. The van der Waals surface area contributed by atoms with Gasteiger partial charge in [0.25, 0.3) is 0 Å². The van der Waals surface area contributed by atoms with Crippen LogP contribution in [0.3, 0.4) is 0 Å². The first-order chi connectivity index (χ1) is 9.87. The zero-order chi connectivity index (χ0) is 15.4. The topological polar surface area (TPSA) is 29.5 Å². The third-order valence-electron chi connectivity index (χ3n) is 3.78. The summed E-state index contributed by atoms with van der Waals surface area (Å²) in [6, 6.07) is 5.79. The Hall–Kier alpha value is -1.24. The van der Waals surface area contributed by atoms with E-state index in [-0.39, 0.29) is 11.4 Å².